The number of nitro benzene ring substituents is 1. The van der Waals surface area contributed by atoms with Crippen LogP contribution in [0.5, 0.6) is 5.75 Å². The average Bonchev–Trinajstić information content (AvgIpc) is 2.38. The van der Waals surface area contributed by atoms with Gasteiger partial charge in [-0.15, -0.1) is 0 Å². The first-order valence-electron chi connectivity index (χ1n) is 6.27. The molecular formula is C13H18N2O5. The zero-order valence-corrected chi connectivity index (χ0v) is 11.8. The number of hydrogen-bond donors (Lipinski definition) is 0. The van der Waals surface area contributed by atoms with E-state index < -0.39 is 4.92 Å². The number of nitrogens with zero attached hydrogens (tertiary/aromatic N) is 2. The Morgan fingerprint density at radius 1 is 1.30 bits per heavy atom. The van der Waals surface area contributed by atoms with Crippen molar-refractivity contribution in [2.24, 2.45) is 0 Å². The molecule has 0 aliphatic carbocycles. The second-order valence-corrected chi connectivity index (χ2v) is 4.04. The van der Waals surface area contributed by atoms with Crippen LogP contribution in [-0.2, 0) is 9.53 Å². The molecule has 0 aliphatic heterocycles. The van der Waals surface area contributed by atoms with Gasteiger partial charge >= 0.3 is 5.97 Å². The highest BCUT2D eigenvalue weighted by Gasteiger charge is 2.15. The van der Waals surface area contributed by atoms with Crippen molar-refractivity contribution in [2.45, 2.75) is 13.8 Å². The lowest BCUT2D eigenvalue weighted by atomic mass is 10.2. The highest BCUT2D eigenvalue weighted by Crippen LogP contribution is 2.28. The van der Waals surface area contributed by atoms with Crippen molar-refractivity contribution < 1.29 is 19.2 Å². The van der Waals surface area contributed by atoms with Crippen LogP contribution in [0.2, 0.25) is 0 Å². The minimum absolute atomic E-state index is 0.0145. The Balaban J connectivity index is 2.97. The summed E-state index contributed by atoms with van der Waals surface area (Å²) < 4.78 is 10.1. The minimum atomic E-state index is -0.496. The van der Waals surface area contributed by atoms with E-state index in [2.05, 4.69) is 0 Å². The molecule has 0 aromatic heterocycles. The highest BCUT2D eigenvalue weighted by atomic mass is 16.6. The Hall–Kier alpha value is -2.31. The van der Waals surface area contributed by atoms with Gasteiger partial charge in [0.05, 0.1) is 24.2 Å². The van der Waals surface area contributed by atoms with Crippen LogP contribution in [-0.4, -0.2) is 37.7 Å². The lowest BCUT2D eigenvalue weighted by Crippen LogP contribution is -2.27. The first-order chi connectivity index (χ1) is 9.47. The molecule has 0 aliphatic rings. The SMILES string of the molecule is CCOC(=O)CN(C)c1cc(OCC)cc([N+](=O)[O-])c1. The molecule has 110 valence electrons. The maximum Gasteiger partial charge on any atom is 0.325 e. The third-order valence-corrected chi connectivity index (χ3v) is 2.51. The summed E-state index contributed by atoms with van der Waals surface area (Å²) in [4.78, 5) is 23.4. The Labute approximate surface area is 117 Å². The summed E-state index contributed by atoms with van der Waals surface area (Å²) >= 11 is 0. The summed E-state index contributed by atoms with van der Waals surface area (Å²) in [6.45, 7) is 4.23. The van der Waals surface area contributed by atoms with Crippen molar-refractivity contribution >= 4 is 17.3 Å². The van der Waals surface area contributed by atoms with Crippen LogP contribution in [0.4, 0.5) is 11.4 Å². The molecule has 0 atom stereocenters. The predicted octanol–water partition coefficient (Wildman–Crippen LogP) is 1.99. The van der Waals surface area contributed by atoms with E-state index in [1.807, 2.05) is 0 Å². The number of carbonyl (C=O) groups is 1. The van der Waals surface area contributed by atoms with Gasteiger partial charge in [0.1, 0.15) is 12.3 Å². The molecule has 0 N–H and O–H groups in total. The molecular weight excluding hydrogens is 264 g/mol. The zero-order chi connectivity index (χ0) is 15.1. The van der Waals surface area contributed by atoms with Crippen LogP contribution >= 0.6 is 0 Å². The van der Waals surface area contributed by atoms with Gasteiger partial charge in [0, 0.05) is 24.9 Å². The van der Waals surface area contributed by atoms with Crippen molar-refractivity contribution in [1.29, 1.82) is 0 Å². The number of hydrogen-bond acceptors (Lipinski definition) is 6. The molecule has 20 heavy (non-hydrogen) atoms. The number of benzene rings is 1. The molecule has 0 amide bonds. The van der Waals surface area contributed by atoms with Gasteiger partial charge in [-0.25, -0.2) is 0 Å². The minimum Gasteiger partial charge on any atom is -0.494 e. The number of nitro groups is 1. The molecule has 0 spiro atoms. The summed E-state index contributed by atoms with van der Waals surface area (Å²) in [5, 5.41) is 10.9. The van der Waals surface area contributed by atoms with E-state index in [0.29, 0.717) is 24.7 Å². The quantitative estimate of drug-likeness (QED) is 0.432. The molecule has 0 heterocycles. The van der Waals surface area contributed by atoms with Crippen molar-refractivity contribution in [2.75, 3.05) is 31.7 Å². The van der Waals surface area contributed by atoms with Crippen molar-refractivity contribution in [3.8, 4) is 5.75 Å². The number of esters is 1. The Kier molecular flexibility index (Phi) is 5.76. The fourth-order valence-corrected chi connectivity index (χ4v) is 1.64. The number of carbonyl (C=O) groups excluding carboxylic acids is 1. The first kappa shape index (κ1) is 15.7. The Bertz CT molecular complexity index is 490. The normalized spacial score (nSPS) is 9.95. The Morgan fingerprint density at radius 2 is 2.00 bits per heavy atom. The predicted molar refractivity (Wildman–Crippen MR) is 74.2 cm³/mol. The summed E-state index contributed by atoms with van der Waals surface area (Å²) in [5.74, 6) is 0.00637. The van der Waals surface area contributed by atoms with Gasteiger partial charge in [-0.3, -0.25) is 14.9 Å². The molecule has 0 unspecified atom stereocenters. The molecule has 0 radical (unpaired) electrons. The van der Waals surface area contributed by atoms with Crippen molar-refractivity contribution in [1.82, 2.24) is 0 Å². The standard InChI is InChI=1S/C13H18N2O5/c1-4-19-12-7-10(6-11(8-12)15(17)18)14(3)9-13(16)20-5-2/h6-8H,4-5,9H2,1-3H3. The van der Waals surface area contributed by atoms with Crippen LogP contribution in [0.3, 0.4) is 0 Å². The van der Waals surface area contributed by atoms with Gasteiger partial charge in [0.2, 0.25) is 0 Å². The molecule has 0 saturated heterocycles. The van der Waals surface area contributed by atoms with Crippen molar-refractivity contribution in [3.63, 3.8) is 0 Å². The van der Waals surface area contributed by atoms with Crippen molar-refractivity contribution in [3.05, 3.63) is 28.3 Å². The largest absolute Gasteiger partial charge is 0.494 e. The first-order valence-corrected chi connectivity index (χ1v) is 6.27. The molecule has 7 heteroatoms. The monoisotopic (exact) mass is 282 g/mol. The van der Waals surface area contributed by atoms with E-state index >= 15 is 0 Å². The maximum absolute atomic E-state index is 11.4. The maximum atomic E-state index is 11.4. The number of anilines is 1. The average molecular weight is 282 g/mol. The second kappa shape index (κ2) is 7.32. The third kappa shape index (κ3) is 4.42. The number of non-ortho nitro benzene ring substituents is 1. The van der Waals surface area contributed by atoms with Crippen LogP contribution in [0.15, 0.2) is 18.2 Å². The smallest absolute Gasteiger partial charge is 0.325 e. The summed E-state index contributed by atoms with van der Waals surface area (Å²) in [5.41, 5.74) is 0.442. The lowest BCUT2D eigenvalue weighted by Gasteiger charge is -2.18. The summed E-state index contributed by atoms with van der Waals surface area (Å²) in [6.07, 6.45) is 0. The van der Waals surface area contributed by atoms with Crippen LogP contribution < -0.4 is 9.64 Å². The van der Waals surface area contributed by atoms with Gasteiger partial charge in [0.15, 0.2) is 0 Å². The third-order valence-electron chi connectivity index (χ3n) is 2.51. The molecule has 1 aromatic rings. The van der Waals surface area contributed by atoms with E-state index in [1.165, 1.54) is 12.1 Å². The number of ether oxygens (including phenoxy) is 2. The second-order valence-electron chi connectivity index (χ2n) is 4.04. The van der Waals surface area contributed by atoms with E-state index in [4.69, 9.17) is 9.47 Å². The topological polar surface area (TPSA) is 81.9 Å². The number of rotatable bonds is 7. The molecule has 0 fully saturated rings. The van der Waals surface area contributed by atoms with Crippen LogP contribution in [0.1, 0.15) is 13.8 Å². The van der Waals surface area contributed by atoms with Gasteiger partial charge < -0.3 is 14.4 Å². The highest BCUT2D eigenvalue weighted by molar-refractivity contribution is 5.76. The fourth-order valence-electron chi connectivity index (χ4n) is 1.64. The summed E-state index contributed by atoms with van der Waals surface area (Å²) in [6, 6.07) is 4.39. The van der Waals surface area contributed by atoms with Gasteiger partial charge in [0.25, 0.3) is 5.69 Å². The van der Waals surface area contributed by atoms with Gasteiger partial charge in [-0.2, -0.15) is 0 Å². The Morgan fingerprint density at radius 3 is 2.55 bits per heavy atom. The molecule has 0 saturated carbocycles. The van der Waals surface area contributed by atoms with Gasteiger partial charge in [-0.1, -0.05) is 0 Å². The molecule has 1 aromatic carbocycles. The van der Waals surface area contributed by atoms with E-state index in [0.717, 1.165) is 0 Å². The number of likely N-dealkylation sites (N-methyl/N-ethyl adjacent to an activating group) is 1. The molecule has 1 rings (SSSR count). The molecule has 0 bridgehead atoms. The van der Waals surface area contributed by atoms with E-state index in [-0.39, 0.29) is 18.2 Å². The van der Waals surface area contributed by atoms with E-state index in [9.17, 15) is 14.9 Å². The summed E-state index contributed by atoms with van der Waals surface area (Å²) in [7, 11) is 1.66. The van der Waals surface area contributed by atoms with Crippen LogP contribution in [0.25, 0.3) is 0 Å². The molecule has 7 nitrogen and oxygen atoms in total. The fraction of sp³-hybridized carbons (Fsp3) is 0.462. The lowest BCUT2D eigenvalue weighted by molar-refractivity contribution is -0.384. The van der Waals surface area contributed by atoms with E-state index in [1.54, 1.807) is 31.9 Å². The zero-order valence-electron chi connectivity index (χ0n) is 11.8. The van der Waals surface area contributed by atoms with Gasteiger partial charge in [-0.05, 0) is 13.8 Å². The van der Waals surface area contributed by atoms with Crippen LogP contribution in [0, 0.1) is 10.1 Å².